The van der Waals surface area contributed by atoms with Crippen molar-refractivity contribution in [2.24, 2.45) is 5.84 Å². The number of nitrogens with zero attached hydrogens (tertiary/aromatic N) is 2. The molecule has 11 heteroatoms. The van der Waals surface area contributed by atoms with Crippen molar-refractivity contribution >= 4 is 29.1 Å². The molecule has 1 heterocycles. The van der Waals surface area contributed by atoms with Gasteiger partial charge in [-0.3, -0.25) is 19.7 Å². The van der Waals surface area contributed by atoms with Gasteiger partial charge >= 0.3 is 6.18 Å². The summed E-state index contributed by atoms with van der Waals surface area (Å²) in [5, 5.41) is 6.24. The molecule has 0 saturated heterocycles. The maximum atomic E-state index is 13.1. The van der Waals surface area contributed by atoms with Crippen LogP contribution in [0.1, 0.15) is 52.9 Å². The van der Waals surface area contributed by atoms with E-state index in [4.69, 9.17) is 17.4 Å². The lowest BCUT2D eigenvalue weighted by Crippen LogP contribution is -2.32. The Morgan fingerprint density at radius 3 is 2.25 bits per heavy atom. The molecule has 0 radical (unpaired) electrons. The third kappa shape index (κ3) is 4.45. The van der Waals surface area contributed by atoms with Crippen LogP contribution in [0.4, 0.5) is 18.9 Å². The van der Waals surface area contributed by atoms with Gasteiger partial charge in [-0.1, -0.05) is 11.6 Å². The first-order valence-corrected chi connectivity index (χ1v) is 8.43. The molecule has 152 valence electrons. The first-order chi connectivity index (χ1) is 12.8. The Hall–Kier alpha value is -2.59. The molecule has 0 unspecified atom stereocenters. The van der Waals surface area contributed by atoms with Crippen LogP contribution >= 0.6 is 11.6 Å². The van der Waals surface area contributed by atoms with Crippen LogP contribution in [0.25, 0.3) is 0 Å². The molecule has 0 fully saturated rings. The zero-order valence-corrected chi connectivity index (χ0v) is 16.3. The van der Waals surface area contributed by atoms with Gasteiger partial charge in [0, 0.05) is 11.1 Å². The van der Waals surface area contributed by atoms with Crippen LogP contribution in [0.5, 0.6) is 0 Å². The summed E-state index contributed by atoms with van der Waals surface area (Å²) in [6, 6.07) is 3.44. The summed E-state index contributed by atoms with van der Waals surface area (Å²) in [4.78, 5) is 24.8. The van der Waals surface area contributed by atoms with Crippen molar-refractivity contribution in [3.63, 3.8) is 0 Å². The molecule has 0 saturated carbocycles. The Labute approximate surface area is 164 Å². The van der Waals surface area contributed by atoms with Gasteiger partial charge in [-0.2, -0.15) is 18.3 Å². The molecule has 0 atom stereocenters. The first-order valence-electron chi connectivity index (χ1n) is 8.06. The summed E-state index contributed by atoms with van der Waals surface area (Å²) in [5.74, 6) is 3.57. The van der Waals surface area contributed by atoms with Crippen LogP contribution in [0.3, 0.4) is 0 Å². The molecule has 7 nitrogen and oxygen atoms in total. The molecule has 4 N–H and O–H groups in total. The van der Waals surface area contributed by atoms with Crippen molar-refractivity contribution in [3.05, 3.63) is 45.7 Å². The SMILES string of the molecule is Cc1cc(Cl)cc(C(=O)NN)c1NC(=O)c1cc(C(F)(F)F)nn1C(C)(C)C. The van der Waals surface area contributed by atoms with Gasteiger partial charge in [0.15, 0.2) is 5.69 Å². The first kappa shape index (κ1) is 21.7. The van der Waals surface area contributed by atoms with E-state index >= 15 is 0 Å². The molecule has 0 aliphatic heterocycles. The fourth-order valence-electron chi connectivity index (χ4n) is 2.54. The van der Waals surface area contributed by atoms with Gasteiger partial charge in [0.05, 0.1) is 16.8 Å². The molecular formula is C17H19ClF3N5O2. The van der Waals surface area contributed by atoms with E-state index in [0.717, 1.165) is 4.68 Å². The lowest BCUT2D eigenvalue weighted by Gasteiger charge is -2.22. The molecule has 2 aromatic rings. The highest BCUT2D eigenvalue weighted by atomic mass is 35.5. The Bertz CT molecular complexity index is 932. The fourth-order valence-corrected chi connectivity index (χ4v) is 2.81. The van der Waals surface area contributed by atoms with Gasteiger partial charge in [0.1, 0.15) is 5.69 Å². The van der Waals surface area contributed by atoms with Crippen molar-refractivity contribution in [3.8, 4) is 0 Å². The smallest absolute Gasteiger partial charge is 0.320 e. The topological polar surface area (TPSA) is 102 Å². The summed E-state index contributed by atoms with van der Waals surface area (Å²) in [7, 11) is 0. The van der Waals surface area contributed by atoms with Crippen LogP contribution < -0.4 is 16.6 Å². The van der Waals surface area contributed by atoms with Gasteiger partial charge in [-0.15, -0.1) is 0 Å². The number of carbonyl (C=O) groups is 2. The van der Waals surface area contributed by atoms with Gasteiger partial charge in [-0.25, -0.2) is 5.84 Å². The van der Waals surface area contributed by atoms with Gasteiger partial charge in [0.25, 0.3) is 11.8 Å². The van der Waals surface area contributed by atoms with Crippen LogP contribution in [-0.4, -0.2) is 21.6 Å². The zero-order chi connectivity index (χ0) is 21.4. The molecule has 2 rings (SSSR count). The van der Waals surface area contributed by atoms with E-state index in [2.05, 4.69) is 10.4 Å². The molecule has 1 aromatic carbocycles. The molecule has 0 aliphatic carbocycles. The van der Waals surface area contributed by atoms with E-state index in [1.54, 1.807) is 27.7 Å². The number of hydrogen-bond donors (Lipinski definition) is 3. The van der Waals surface area contributed by atoms with Crippen molar-refractivity contribution in [1.29, 1.82) is 0 Å². The number of amides is 2. The Balaban J connectivity index is 2.55. The van der Waals surface area contributed by atoms with E-state index in [1.165, 1.54) is 12.1 Å². The number of hydrazine groups is 1. The maximum absolute atomic E-state index is 13.1. The molecule has 2 amide bonds. The van der Waals surface area contributed by atoms with Crippen LogP contribution in [0.15, 0.2) is 18.2 Å². The average Bonchev–Trinajstić information content (AvgIpc) is 3.02. The normalized spacial score (nSPS) is 12.0. The number of nitrogens with two attached hydrogens (primary N) is 1. The van der Waals surface area contributed by atoms with Crippen molar-refractivity contribution in [1.82, 2.24) is 15.2 Å². The maximum Gasteiger partial charge on any atom is 0.435 e. The van der Waals surface area contributed by atoms with Crippen molar-refractivity contribution in [2.75, 3.05) is 5.32 Å². The monoisotopic (exact) mass is 417 g/mol. The summed E-state index contributed by atoms with van der Waals surface area (Å²) >= 11 is 5.94. The number of aromatic nitrogens is 2. The van der Waals surface area contributed by atoms with Gasteiger partial charge in [0.2, 0.25) is 0 Å². The number of anilines is 1. The van der Waals surface area contributed by atoms with Crippen LogP contribution in [0.2, 0.25) is 5.02 Å². The quantitative estimate of drug-likeness (QED) is 0.404. The summed E-state index contributed by atoms with van der Waals surface area (Å²) in [5.41, 5.74) is 0.00310. The third-order valence-electron chi connectivity index (χ3n) is 3.78. The molecule has 0 spiro atoms. The van der Waals surface area contributed by atoms with E-state index in [1.807, 2.05) is 5.43 Å². The number of carbonyl (C=O) groups excluding carboxylic acids is 2. The fraction of sp³-hybridized carbons (Fsp3) is 0.353. The Morgan fingerprint density at radius 1 is 1.14 bits per heavy atom. The predicted octanol–water partition coefficient (Wildman–Crippen LogP) is 3.47. The van der Waals surface area contributed by atoms with Crippen molar-refractivity contribution in [2.45, 2.75) is 39.4 Å². The lowest BCUT2D eigenvalue weighted by atomic mass is 10.1. The number of rotatable bonds is 3. The number of benzene rings is 1. The molecular weight excluding hydrogens is 399 g/mol. The molecule has 0 aliphatic rings. The molecule has 28 heavy (non-hydrogen) atoms. The Kier molecular flexibility index (Phi) is 5.77. The minimum absolute atomic E-state index is 0.0290. The molecule has 1 aromatic heterocycles. The summed E-state index contributed by atoms with van der Waals surface area (Å²) in [6.45, 7) is 6.41. The number of hydrogen-bond acceptors (Lipinski definition) is 4. The van der Waals surface area contributed by atoms with Crippen molar-refractivity contribution < 1.29 is 22.8 Å². The Morgan fingerprint density at radius 2 is 1.75 bits per heavy atom. The van der Waals surface area contributed by atoms with E-state index in [0.29, 0.717) is 11.6 Å². The van der Waals surface area contributed by atoms with Gasteiger partial charge < -0.3 is 5.32 Å². The standard InChI is InChI=1S/C17H19ClF3N5O2/c1-8-5-9(18)6-10(14(27)24-22)13(8)23-15(28)11-7-12(17(19,20)21)25-26(11)16(2,3)4/h5-7H,22H2,1-4H3,(H,23,28)(H,24,27). The lowest BCUT2D eigenvalue weighted by molar-refractivity contribution is -0.141. The second kappa shape index (κ2) is 7.44. The minimum Gasteiger partial charge on any atom is -0.320 e. The predicted molar refractivity (Wildman–Crippen MR) is 98.0 cm³/mol. The average molecular weight is 418 g/mol. The minimum atomic E-state index is -4.72. The van der Waals surface area contributed by atoms with Crippen LogP contribution in [0, 0.1) is 6.92 Å². The van der Waals surface area contributed by atoms with Crippen LogP contribution in [-0.2, 0) is 11.7 Å². The second-order valence-electron chi connectivity index (χ2n) is 7.07. The highest BCUT2D eigenvalue weighted by Gasteiger charge is 2.37. The highest BCUT2D eigenvalue weighted by Crippen LogP contribution is 2.31. The summed E-state index contributed by atoms with van der Waals surface area (Å²) < 4.78 is 40.3. The van der Waals surface area contributed by atoms with Gasteiger partial charge in [-0.05, 0) is 45.4 Å². The van der Waals surface area contributed by atoms with E-state index in [9.17, 15) is 22.8 Å². The van der Waals surface area contributed by atoms with E-state index < -0.39 is 29.2 Å². The number of aryl methyl sites for hydroxylation is 1. The molecule has 0 bridgehead atoms. The number of nitrogens with one attached hydrogen (secondary N) is 2. The number of nitrogen functional groups attached to an aromatic ring is 1. The largest absolute Gasteiger partial charge is 0.435 e. The van der Waals surface area contributed by atoms with E-state index in [-0.39, 0.29) is 22.0 Å². The number of alkyl halides is 3. The highest BCUT2D eigenvalue weighted by molar-refractivity contribution is 6.31. The second-order valence-corrected chi connectivity index (χ2v) is 7.50. The summed E-state index contributed by atoms with van der Waals surface area (Å²) in [6.07, 6.45) is -4.72. The third-order valence-corrected chi connectivity index (χ3v) is 4.00. The number of halogens is 4. The zero-order valence-electron chi connectivity index (χ0n) is 15.5.